The number of carbonyl (C=O) groups excluding carboxylic acids is 2. The number of piperazine rings is 1. The molecule has 0 radical (unpaired) electrons. The van der Waals surface area contributed by atoms with Crippen LogP contribution in [0.1, 0.15) is 27.2 Å². The molecule has 1 aromatic heterocycles. The molecule has 1 fully saturated rings. The highest BCUT2D eigenvalue weighted by atomic mass is 16.5. The molecule has 2 aromatic carbocycles. The third-order valence-electron chi connectivity index (χ3n) is 6.26. The predicted octanol–water partition coefficient (Wildman–Crippen LogP) is 3.64. The molecule has 1 saturated heterocycles. The third-order valence-corrected chi connectivity index (χ3v) is 6.26. The lowest BCUT2D eigenvalue weighted by Crippen LogP contribution is -2.48. The van der Waals surface area contributed by atoms with Crippen LogP contribution < -0.4 is 10.2 Å². The van der Waals surface area contributed by atoms with E-state index in [1.54, 1.807) is 0 Å². The molecular weight excluding hydrogens is 404 g/mol. The summed E-state index contributed by atoms with van der Waals surface area (Å²) >= 11 is 0. The molecule has 0 atom stereocenters. The molecule has 3 aromatic rings. The molecular formula is C25H30N4O3. The number of ether oxygens (including phenoxy) is 1. The number of nitrogens with zero attached hydrogens (tertiary/aromatic N) is 2. The number of anilines is 2. The number of nitrogens with one attached hydrogen (secondary N) is 2. The van der Waals surface area contributed by atoms with E-state index < -0.39 is 5.97 Å². The maximum Gasteiger partial charge on any atom is 0.356 e. The maximum atomic E-state index is 12.9. The molecule has 2 heterocycles. The van der Waals surface area contributed by atoms with Crippen LogP contribution in [0.4, 0.5) is 11.4 Å². The van der Waals surface area contributed by atoms with Crippen LogP contribution in [0.25, 0.3) is 10.9 Å². The van der Waals surface area contributed by atoms with E-state index in [0.29, 0.717) is 5.69 Å². The van der Waals surface area contributed by atoms with Crippen molar-refractivity contribution in [2.45, 2.75) is 20.8 Å². The van der Waals surface area contributed by atoms with Gasteiger partial charge in [0.25, 0.3) is 0 Å². The Bertz CT molecular complexity index is 1160. The van der Waals surface area contributed by atoms with Crippen molar-refractivity contribution in [1.82, 2.24) is 9.88 Å². The van der Waals surface area contributed by atoms with E-state index >= 15 is 0 Å². The summed E-state index contributed by atoms with van der Waals surface area (Å²) in [6.07, 6.45) is 0. The van der Waals surface area contributed by atoms with Crippen LogP contribution in [0.5, 0.6) is 0 Å². The molecule has 168 valence electrons. The number of hydrogen-bond donors (Lipinski definition) is 2. The molecule has 1 amide bonds. The number of aryl methyl sites for hydroxylation is 2. The Labute approximate surface area is 188 Å². The Hall–Kier alpha value is -3.32. The summed E-state index contributed by atoms with van der Waals surface area (Å²) in [5, 5.41) is 3.74. The second kappa shape index (κ2) is 9.04. The number of H-pyrrole nitrogens is 1. The Morgan fingerprint density at radius 1 is 1.06 bits per heavy atom. The van der Waals surface area contributed by atoms with Gasteiger partial charge in [-0.3, -0.25) is 9.69 Å². The number of benzene rings is 2. The van der Waals surface area contributed by atoms with E-state index in [4.69, 9.17) is 4.74 Å². The topological polar surface area (TPSA) is 77.7 Å². The number of esters is 1. The highest BCUT2D eigenvalue weighted by molar-refractivity contribution is 6.11. The molecule has 0 bridgehead atoms. The number of methoxy groups -OCH3 is 1. The van der Waals surface area contributed by atoms with Gasteiger partial charge in [0.1, 0.15) is 5.69 Å². The van der Waals surface area contributed by atoms with Crippen molar-refractivity contribution < 1.29 is 14.3 Å². The molecule has 1 aliphatic rings. The van der Waals surface area contributed by atoms with Crippen LogP contribution in [-0.4, -0.2) is 61.6 Å². The Balaban J connectivity index is 1.43. The molecule has 7 nitrogen and oxygen atoms in total. The number of rotatable bonds is 5. The van der Waals surface area contributed by atoms with Crippen LogP contribution >= 0.6 is 0 Å². The zero-order valence-electron chi connectivity index (χ0n) is 19.1. The van der Waals surface area contributed by atoms with Crippen molar-refractivity contribution in [3.8, 4) is 0 Å². The van der Waals surface area contributed by atoms with E-state index in [0.717, 1.165) is 42.6 Å². The van der Waals surface area contributed by atoms with Crippen LogP contribution in [0.15, 0.2) is 36.4 Å². The highest BCUT2D eigenvalue weighted by Crippen LogP contribution is 2.29. The van der Waals surface area contributed by atoms with E-state index in [2.05, 4.69) is 52.1 Å². The number of carbonyl (C=O) groups is 2. The van der Waals surface area contributed by atoms with Gasteiger partial charge in [0, 0.05) is 42.8 Å². The minimum Gasteiger partial charge on any atom is -0.464 e. The van der Waals surface area contributed by atoms with E-state index in [1.807, 2.05) is 25.1 Å². The molecule has 0 saturated carbocycles. The lowest BCUT2D eigenvalue weighted by Gasteiger charge is -2.36. The average molecular weight is 435 g/mol. The van der Waals surface area contributed by atoms with E-state index in [-0.39, 0.29) is 18.1 Å². The van der Waals surface area contributed by atoms with Crippen molar-refractivity contribution in [2.24, 2.45) is 0 Å². The summed E-state index contributed by atoms with van der Waals surface area (Å²) in [7, 11) is 1.33. The summed E-state index contributed by atoms with van der Waals surface area (Å²) < 4.78 is 4.90. The zero-order chi connectivity index (χ0) is 22.8. The first kappa shape index (κ1) is 21.9. The second-order valence-electron chi connectivity index (χ2n) is 8.45. The van der Waals surface area contributed by atoms with E-state index in [9.17, 15) is 9.59 Å². The number of amides is 1. The zero-order valence-corrected chi connectivity index (χ0v) is 19.1. The second-order valence-corrected chi connectivity index (χ2v) is 8.45. The summed E-state index contributed by atoms with van der Waals surface area (Å²) in [5.41, 5.74) is 6.47. The molecule has 7 heteroatoms. The molecule has 0 unspecified atom stereocenters. The normalized spacial score (nSPS) is 14.6. The predicted molar refractivity (Wildman–Crippen MR) is 128 cm³/mol. The van der Waals surface area contributed by atoms with Gasteiger partial charge < -0.3 is 19.9 Å². The fraction of sp³-hybridized carbons (Fsp3) is 0.360. The Morgan fingerprint density at radius 2 is 1.81 bits per heavy atom. The quantitative estimate of drug-likeness (QED) is 0.600. The van der Waals surface area contributed by atoms with Gasteiger partial charge in [0.15, 0.2) is 0 Å². The van der Waals surface area contributed by atoms with Crippen LogP contribution in [-0.2, 0) is 9.53 Å². The number of aromatic amines is 1. The number of fused-ring (bicyclic) bond motifs is 1. The maximum absolute atomic E-state index is 12.9. The van der Waals surface area contributed by atoms with Crippen LogP contribution in [0.2, 0.25) is 0 Å². The largest absolute Gasteiger partial charge is 0.464 e. The van der Waals surface area contributed by atoms with Gasteiger partial charge in [0.2, 0.25) is 5.91 Å². The lowest BCUT2D eigenvalue weighted by molar-refractivity contribution is -0.117. The lowest BCUT2D eigenvalue weighted by atomic mass is 10.1. The van der Waals surface area contributed by atoms with Crippen LogP contribution in [0, 0.1) is 20.8 Å². The molecule has 4 rings (SSSR count). The van der Waals surface area contributed by atoms with Gasteiger partial charge in [0.05, 0.1) is 19.3 Å². The summed E-state index contributed by atoms with van der Waals surface area (Å²) in [6.45, 7) is 9.90. The molecule has 1 aliphatic heterocycles. The Kier molecular flexibility index (Phi) is 6.19. The number of aromatic nitrogens is 1. The standard InChI is InChI=1S/C25H30N4O3/c1-16-8-9-19-20(14-16)26-24(25(31)32-4)23(19)27-22(30)15-28-10-12-29(13-11-28)21-7-5-6-17(2)18(21)3/h5-9,14,26H,10-13,15H2,1-4H3,(H,27,30). The SMILES string of the molecule is COC(=O)c1[nH]c2cc(C)ccc2c1NC(=O)CN1CCN(c2cccc(C)c2C)CC1. The number of hydrogen-bond acceptors (Lipinski definition) is 5. The van der Waals surface area contributed by atoms with Gasteiger partial charge in [-0.05, 0) is 49.6 Å². The molecule has 0 aliphatic carbocycles. The monoisotopic (exact) mass is 434 g/mol. The van der Waals surface area contributed by atoms with E-state index in [1.165, 1.54) is 23.9 Å². The van der Waals surface area contributed by atoms with Gasteiger partial charge in [-0.2, -0.15) is 0 Å². The van der Waals surface area contributed by atoms with Gasteiger partial charge >= 0.3 is 5.97 Å². The summed E-state index contributed by atoms with van der Waals surface area (Å²) in [4.78, 5) is 32.8. The molecule has 2 N–H and O–H groups in total. The van der Waals surface area contributed by atoms with Gasteiger partial charge in [-0.15, -0.1) is 0 Å². The smallest absolute Gasteiger partial charge is 0.356 e. The first-order valence-electron chi connectivity index (χ1n) is 10.9. The van der Waals surface area contributed by atoms with Gasteiger partial charge in [-0.25, -0.2) is 4.79 Å². The third kappa shape index (κ3) is 4.34. The van der Waals surface area contributed by atoms with Crippen molar-refractivity contribution >= 4 is 34.2 Å². The van der Waals surface area contributed by atoms with Crippen molar-refractivity contribution in [3.05, 3.63) is 58.8 Å². The van der Waals surface area contributed by atoms with Crippen LogP contribution in [0.3, 0.4) is 0 Å². The molecule has 0 spiro atoms. The van der Waals surface area contributed by atoms with Crippen molar-refractivity contribution in [2.75, 3.05) is 50.1 Å². The first-order chi connectivity index (χ1) is 15.4. The fourth-order valence-corrected chi connectivity index (χ4v) is 4.30. The van der Waals surface area contributed by atoms with Gasteiger partial charge in [-0.1, -0.05) is 24.3 Å². The average Bonchev–Trinajstić information content (AvgIpc) is 3.13. The van der Waals surface area contributed by atoms with Crippen molar-refractivity contribution in [3.63, 3.8) is 0 Å². The fourth-order valence-electron chi connectivity index (χ4n) is 4.30. The van der Waals surface area contributed by atoms with Crippen molar-refractivity contribution in [1.29, 1.82) is 0 Å². The highest BCUT2D eigenvalue weighted by Gasteiger charge is 2.23. The summed E-state index contributed by atoms with van der Waals surface area (Å²) in [5.74, 6) is -0.645. The summed E-state index contributed by atoms with van der Waals surface area (Å²) in [6, 6.07) is 12.2. The minimum absolute atomic E-state index is 0.142. The Morgan fingerprint density at radius 3 is 2.53 bits per heavy atom. The minimum atomic E-state index is -0.503. The first-order valence-corrected chi connectivity index (χ1v) is 10.9. The molecule has 32 heavy (non-hydrogen) atoms.